The van der Waals surface area contributed by atoms with Gasteiger partial charge in [0.05, 0.1) is 6.61 Å². The Balaban J connectivity index is 1.46. The van der Waals surface area contributed by atoms with Crippen molar-refractivity contribution < 1.29 is 24.8 Å². The van der Waals surface area contributed by atoms with Crippen molar-refractivity contribution in [3.63, 3.8) is 0 Å². The Morgan fingerprint density at radius 2 is 1.87 bits per heavy atom. The highest BCUT2D eigenvalue weighted by Gasteiger charge is 2.45. The zero-order chi connectivity index (χ0) is 21.6. The first-order valence-electron chi connectivity index (χ1n) is 9.94. The molecular formula is C24H23NO5S. The fraction of sp³-hybridized carbons (Fsp3) is 0.292. The topological polar surface area (TPSA) is 92.0 Å². The van der Waals surface area contributed by atoms with Gasteiger partial charge in [0.2, 0.25) is 0 Å². The van der Waals surface area contributed by atoms with Crippen molar-refractivity contribution in [2.75, 3.05) is 13.2 Å². The van der Waals surface area contributed by atoms with Crippen LogP contribution < -0.4 is 0 Å². The lowest BCUT2D eigenvalue weighted by molar-refractivity contribution is -0.217. The molecule has 6 nitrogen and oxygen atoms in total. The van der Waals surface area contributed by atoms with Crippen LogP contribution in [-0.4, -0.2) is 63.4 Å². The number of hydrogen-bond acceptors (Lipinski definition) is 7. The van der Waals surface area contributed by atoms with E-state index in [2.05, 4.69) is 16.8 Å². The molecule has 5 atom stereocenters. The highest BCUT2D eigenvalue weighted by molar-refractivity contribution is 7.99. The molecule has 1 saturated heterocycles. The Kier molecular flexibility index (Phi) is 7.20. The van der Waals surface area contributed by atoms with Crippen LogP contribution in [0.1, 0.15) is 5.56 Å². The van der Waals surface area contributed by atoms with Gasteiger partial charge in [-0.15, -0.1) is 0 Å². The summed E-state index contributed by atoms with van der Waals surface area (Å²) in [5.41, 5.74) is 0.0372. The minimum absolute atomic E-state index is 0.0131. The molecule has 1 aliphatic rings. The lowest BCUT2D eigenvalue weighted by Crippen LogP contribution is -2.58. The van der Waals surface area contributed by atoms with E-state index in [0.29, 0.717) is 0 Å². The Hall–Kier alpha value is -2.44. The van der Waals surface area contributed by atoms with Crippen LogP contribution in [0.25, 0.3) is 10.8 Å². The molecule has 1 aliphatic heterocycles. The maximum atomic E-state index is 10.8. The number of benzene rings is 2. The third-order valence-electron chi connectivity index (χ3n) is 5.04. The number of hydrogen-bond donors (Lipinski definition) is 3. The summed E-state index contributed by atoms with van der Waals surface area (Å²) in [5, 5.41) is 33.2. The van der Waals surface area contributed by atoms with Crippen molar-refractivity contribution in [3.05, 3.63) is 72.6 Å². The van der Waals surface area contributed by atoms with E-state index in [1.807, 2.05) is 48.5 Å². The number of thioether (sulfide) groups is 1. The van der Waals surface area contributed by atoms with E-state index in [1.54, 1.807) is 18.5 Å². The van der Waals surface area contributed by atoms with Gasteiger partial charge < -0.3 is 24.8 Å². The van der Waals surface area contributed by atoms with Gasteiger partial charge in [0.15, 0.2) is 0 Å². The molecule has 0 spiro atoms. The monoisotopic (exact) mass is 437 g/mol. The molecule has 0 aliphatic carbocycles. The summed E-state index contributed by atoms with van der Waals surface area (Å²) in [6.07, 6.45) is -0.769. The number of fused-ring (bicyclic) bond motifs is 1. The first kappa shape index (κ1) is 21.8. The zero-order valence-electron chi connectivity index (χ0n) is 16.7. The number of rotatable bonds is 5. The van der Waals surface area contributed by atoms with Crippen LogP contribution in [0.15, 0.2) is 71.9 Å². The zero-order valence-corrected chi connectivity index (χ0v) is 17.5. The summed E-state index contributed by atoms with van der Waals surface area (Å²) in [6, 6.07) is 17.6. The van der Waals surface area contributed by atoms with E-state index in [9.17, 15) is 15.3 Å². The summed E-state index contributed by atoms with van der Waals surface area (Å²) in [5.74, 6) is 5.78. The largest absolute Gasteiger partial charge is 0.394 e. The minimum Gasteiger partial charge on any atom is -0.394 e. The molecule has 3 aromatic rings. The van der Waals surface area contributed by atoms with E-state index >= 15 is 0 Å². The van der Waals surface area contributed by atoms with Crippen LogP contribution in [-0.2, 0) is 9.47 Å². The van der Waals surface area contributed by atoms with Gasteiger partial charge in [0.1, 0.15) is 36.5 Å². The third-order valence-corrected chi connectivity index (χ3v) is 6.19. The number of aliphatic hydroxyl groups excluding tert-OH is 3. The van der Waals surface area contributed by atoms with E-state index in [0.717, 1.165) is 21.2 Å². The molecule has 2 aromatic carbocycles. The first-order chi connectivity index (χ1) is 15.2. The van der Waals surface area contributed by atoms with E-state index in [1.165, 1.54) is 11.8 Å². The molecule has 31 heavy (non-hydrogen) atoms. The second-order valence-corrected chi connectivity index (χ2v) is 8.32. The quantitative estimate of drug-likeness (QED) is 0.527. The molecule has 0 bridgehead atoms. The van der Waals surface area contributed by atoms with Crippen molar-refractivity contribution in [1.29, 1.82) is 0 Å². The summed E-state index contributed by atoms with van der Waals surface area (Å²) in [4.78, 5) is 4.90. The number of ether oxygens (including phenoxy) is 2. The van der Waals surface area contributed by atoms with Gasteiger partial charge in [-0.3, -0.25) is 4.98 Å². The van der Waals surface area contributed by atoms with E-state index in [-0.39, 0.29) is 13.2 Å². The fourth-order valence-electron chi connectivity index (χ4n) is 3.43. The third kappa shape index (κ3) is 5.25. The molecule has 0 radical (unpaired) electrons. The Labute approximate surface area is 184 Å². The minimum atomic E-state index is -1.17. The molecule has 4 rings (SSSR count). The van der Waals surface area contributed by atoms with Crippen molar-refractivity contribution in [1.82, 2.24) is 4.98 Å². The number of nitrogens with zero attached hydrogens (tertiary/aromatic N) is 1. The SMILES string of the molecule is OC[C@H]1O[C@@H](Sc2ccc3ccccc3c2)[C@H](O)[C@@H](OCC#Cc2cccnc2)[C@H]1O. The summed E-state index contributed by atoms with van der Waals surface area (Å²) >= 11 is 1.33. The van der Waals surface area contributed by atoms with Crippen LogP contribution in [0, 0.1) is 11.8 Å². The summed E-state index contributed by atoms with van der Waals surface area (Å²) in [7, 11) is 0. The highest BCUT2D eigenvalue weighted by Crippen LogP contribution is 2.35. The van der Waals surface area contributed by atoms with Crippen molar-refractivity contribution >= 4 is 22.5 Å². The van der Waals surface area contributed by atoms with Gasteiger partial charge in [0, 0.05) is 22.9 Å². The molecule has 0 amide bonds. The lowest BCUT2D eigenvalue weighted by Gasteiger charge is -2.41. The normalized spacial score (nSPS) is 25.7. The molecular weight excluding hydrogens is 414 g/mol. The van der Waals surface area contributed by atoms with Crippen LogP contribution >= 0.6 is 11.8 Å². The molecule has 7 heteroatoms. The van der Waals surface area contributed by atoms with Crippen molar-refractivity contribution in [2.45, 2.75) is 34.7 Å². The number of pyridine rings is 1. The number of aromatic nitrogens is 1. The molecule has 2 heterocycles. The lowest BCUT2D eigenvalue weighted by atomic mass is 10.00. The van der Waals surface area contributed by atoms with Crippen LogP contribution in [0.4, 0.5) is 0 Å². The molecule has 1 aromatic heterocycles. The smallest absolute Gasteiger partial charge is 0.136 e. The Bertz CT molecular complexity index is 1070. The average molecular weight is 438 g/mol. The van der Waals surface area contributed by atoms with Gasteiger partial charge >= 0.3 is 0 Å². The maximum absolute atomic E-state index is 10.8. The van der Waals surface area contributed by atoms with Gasteiger partial charge in [0.25, 0.3) is 0 Å². The predicted molar refractivity (Wildman–Crippen MR) is 118 cm³/mol. The van der Waals surface area contributed by atoms with Crippen molar-refractivity contribution in [2.24, 2.45) is 0 Å². The van der Waals surface area contributed by atoms with Crippen LogP contribution in [0.5, 0.6) is 0 Å². The first-order valence-corrected chi connectivity index (χ1v) is 10.8. The van der Waals surface area contributed by atoms with Crippen LogP contribution in [0.2, 0.25) is 0 Å². The average Bonchev–Trinajstić information content (AvgIpc) is 2.81. The molecule has 1 fully saturated rings. The Morgan fingerprint density at radius 1 is 1.03 bits per heavy atom. The van der Waals surface area contributed by atoms with Crippen molar-refractivity contribution in [3.8, 4) is 11.8 Å². The molecule has 0 unspecified atom stereocenters. The fourth-order valence-corrected chi connectivity index (χ4v) is 4.54. The number of aliphatic hydroxyl groups is 3. The second kappa shape index (κ2) is 10.2. The van der Waals surface area contributed by atoms with Gasteiger partial charge in [-0.2, -0.15) is 0 Å². The maximum Gasteiger partial charge on any atom is 0.136 e. The summed E-state index contributed by atoms with van der Waals surface area (Å²) < 4.78 is 11.5. The van der Waals surface area contributed by atoms with Gasteiger partial charge in [-0.05, 0) is 35.0 Å². The van der Waals surface area contributed by atoms with Crippen LogP contribution in [0.3, 0.4) is 0 Å². The standard InChI is InChI=1S/C24H23NO5S/c26-15-20-21(27)23(29-12-4-6-16-5-3-11-25-14-16)22(28)24(30-20)31-19-10-9-17-7-1-2-8-18(17)13-19/h1-3,5,7-11,13-14,20-24,26-28H,12,15H2/t20-,21+,22-,23+,24+/m1/s1. The van der Waals surface area contributed by atoms with Gasteiger partial charge in [-0.25, -0.2) is 0 Å². The molecule has 160 valence electrons. The van der Waals surface area contributed by atoms with Gasteiger partial charge in [-0.1, -0.05) is 53.9 Å². The highest BCUT2D eigenvalue weighted by atomic mass is 32.2. The molecule has 3 N–H and O–H groups in total. The summed E-state index contributed by atoms with van der Waals surface area (Å²) in [6.45, 7) is -0.372. The van der Waals surface area contributed by atoms with E-state index in [4.69, 9.17) is 9.47 Å². The predicted octanol–water partition coefficient (Wildman–Crippen LogP) is 2.20. The second-order valence-electron chi connectivity index (χ2n) is 7.15. The molecule has 0 saturated carbocycles. The Morgan fingerprint density at radius 3 is 2.65 bits per heavy atom. The van der Waals surface area contributed by atoms with E-state index < -0.39 is 29.9 Å².